The van der Waals surface area contributed by atoms with Crippen molar-refractivity contribution in [3.05, 3.63) is 18.0 Å². The van der Waals surface area contributed by atoms with E-state index in [1.807, 2.05) is 0 Å². The van der Waals surface area contributed by atoms with Crippen LogP contribution in [0.15, 0.2) is 12.3 Å². The van der Waals surface area contributed by atoms with E-state index in [-0.39, 0.29) is 0 Å². The van der Waals surface area contributed by atoms with Gasteiger partial charge in [-0.15, -0.1) is 0 Å². The van der Waals surface area contributed by atoms with Gasteiger partial charge in [0.2, 0.25) is 0 Å². The molecule has 1 unspecified atom stereocenters. The van der Waals surface area contributed by atoms with E-state index in [9.17, 15) is 0 Å². The topological polar surface area (TPSA) is 59.1 Å². The molecule has 0 spiro atoms. The van der Waals surface area contributed by atoms with Gasteiger partial charge in [0, 0.05) is 18.7 Å². The van der Waals surface area contributed by atoms with Crippen LogP contribution in [0.25, 0.3) is 0 Å². The Morgan fingerprint density at radius 2 is 2.21 bits per heavy atom. The predicted octanol–water partition coefficient (Wildman–Crippen LogP) is 1.32. The first-order valence-corrected chi connectivity index (χ1v) is 7.34. The number of nitrogens with two attached hydrogens (primary N) is 1. The lowest BCUT2D eigenvalue weighted by Crippen LogP contribution is -2.39. The molecule has 1 atom stereocenters. The van der Waals surface area contributed by atoms with Gasteiger partial charge in [0.05, 0.1) is 11.7 Å². The lowest BCUT2D eigenvalue weighted by molar-refractivity contribution is 0.356. The van der Waals surface area contributed by atoms with Crippen molar-refractivity contribution in [3.8, 4) is 0 Å². The molecule has 5 heteroatoms. The first-order chi connectivity index (χ1) is 9.19. The van der Waals surface area contributed by atoms with Crippen LogP contribution in [-0.4, -0.2) is 41.4 Å². The average molecular weight is 265 g/mol. The summed E-state index contributed by atoms with van der Waals surface area (Å²) in [6, 6.07) is 3.06. The molecule has 1 saturated carbocycles. The molecule has 0 aliphatic heterocycles. The van der Waals surface area contributed by atoms with Gasteiger partial charge in [0.1, 0.15) is 0 Å². The monoisotopic (exact) mass is 265 g/mol. The molecule has 2 rings (SSSR count). The normalized spacial score (nSPS) is 18.3. The van der Waals surface area contributed by atoms with Gasteiger partial charge in [-0.1, -0.05) is 12.8 Å². The molecule has 1 heterocycles. The van der Waals surface area contributed by atoms with Crippen LogP contribution in [0.1, 0.15) is 43.8 Å². The number of hydrogen-bond donors (Lipinski definition) is 2. The third-order valence-electron chi connectivity index (χ3n) is 3.98. The summed E-state index contributed by atoms with van der Waals surface area (Å²) in [6.45, 7) is 1.04. The highest BCUT2D eigenvalue weighted by molar-refractivity contribution is 5.02. The Morgan fingerprint density at radius 3 is 2.84 bits per heavy atom. The Hall–Kier alpha value is -0.910. The summed E-state index contributed by atoms with van der Waals surface area (Å²) >= 11 is 0. The van der Waals surface area contributed by atoms with E-state index in [1.54, 1.807) is 0 Å². The zero-order chi connectivity index (χ0) is 13.7. The van der Waals surface area contributed by atoms with Crippen LogP contribution < -0.4 is 11.3 Å². The zero-order valence-corrected chi connectivity index (χ0v) is 12.2. The van der Waals surface area contributed by atoms with Crippen LogP contribution in [0.5, 0.6) is 0 Å². The number of aromatic nitrogens is 2. The smallest absolute Gasteiger partial charge is 0.0640 e. The average Bonchev–Trinajstić information content (AvgIpc) is 3.04. The SMILES string of the molecule is CN(C)CCC(Cc1ccn(C2CCCC2)n1)NN. The minimum Gasteiger partial charge on any atom is -0.309 e. The highest BCUT2D eigenvalue weighted by Gasteiger charge is 2.18. The van der Waals surface area contributed by atoms with Crippen LogP contribution in [0.2, 0.25) is 0 Å². The van der Waals surface area contributed by atoms with Gasteiger partial charge in [0.15, 0.2) is 0 Å². The fourth-order valence-electron chi connectivity index (χ4n) is 2.77. The van der Waals surface area contributed by atoms with Crippen LogP contribution in [0.4, 0.5) is 0 Å². The first kappa shape index (κ1) is 14.5. The lowest BCUT2D eigenvalue weighted by atomic mass is 10.1. The molecule has 1 fully saturated rings. The third-order valence-corrected chi connectivity index (χ3v) is 3.98. The second kappa shape index (κ2) is 7.03. The maximum Gasteiger partial charge on any atom is 0.0640 e. The fourth-order valence-corrected chi connectivity index (χ4v) is 2.77. The van der Waals surface area contributed by atoms with Crippen LogP contribution in [0, 0.1) is 0 Å². The van der Waals surface area contributed by atoms with Gasteiger partial charge < -0.3 is 4.90 Å². The summed E-state index contributed by atoms with van der Waals surface area (Å²) in [5.41, 5.74) is 4.06. The van der Waals surface area contributed by atoms with E-state index in [0.29, 0.717) is 12.1 Å². The number of rotatable bonds is 7. The summed E-state index contributed by atoms with van der Waals surface area (Å²) in [7, 11) is 4.17. The quantitative estimate of drug-likeness (QED) is 0.577. The van der Waals surface area contributed by atoms with Crippen molar-refractivity contribution < 1.29 is 0 Å². The minimum absolute atomic E-state index is 0.300. The van der Waals surface area contributed by atoms with Gasteiger partial charge in [-0.25, -0.2) is 0 Å². The van der Waals surface area contributed by atoms with Crippen LogP contribution in [0.3, 0.4) is 0 Å². The van der Waals surface area contributed by atoms with E-state index in [0.717, 1.165) is 25.1 Å². The van der Waals surface area contributed by atoms with Gasteiger partial charge in [0.25, 0.3) is 0 Å². The Morgan fingerprint density at radius 1 is 1.47 bits per heavy atom. The third kappa shape index (κ3) is 4.30. The molecule has 108 valence electrons. The van der Waals surface area contributed by atoms with Gasteiger partial charge in [-0.05, 0) is 46.0 Å². The molecular weight excluding hydrogens is 238 g/mol. The molecular formula is C14H27N5. The number of hydrogen-bond acceptors (Lipinski definition) is 4. The zero-order valence-electron chi connectivity index (χ0n) is 12.2. The van der Waals surface area contributed by atoms with Crippen molar-refractivity contribution in [1.82, 2.24) is 20.1 Å². The molecule has 5 nitrogen and oxygen atoms in total. The Bertz CT molecular complexity index is 368. The summed E-state index contributed by atoms with van der Waals surface area (Å²) in [5, 5.41) is 4.71. The summed E-state index contributed by atoms with van der Waals surface area (Å²) < 4.78 is 2.15. The fraction of sp³-hybridized carbons (Fsp3) is 0.786. The molecule has 1 aromatic heterocycles. The van der Waals surface area contributed by atoms with E-state index in [1.165, 1.54) is 25.7 Å². The predicted molar refractivity (Wildman–Crippen MR) is 77.7 cm³/mol. The van der Waals surface area contributed by atoms with Crippen LogP contribution in [-0.2, 0) is 6.42 Å². The van der Waals surface area contributed by atoms with Crippen molar-refractivity contribution in [3.63, 3.8) is 0 Å². The van der Waals surface area contributed by atoms with Crippen molar-refractivity contribution in [1.29, 1.82) is 0 Å². The molecule has 0 aromatic carbocycles. The maximum absolute atomic E-state index is 5.63. The molecule has 0 radical (unpaired) electrons. The van der Waals surface area contributed by atoms with Crippen LogP contribution >= 0.6 is 0 Å². The van der Waals surface area contributed by atoms with Gasteiger partial charge in [-0.2, -0.15) is 5.10 Å². The number of hydrazine groups is 1. The molecule has 0 amide bonds. The van der Waals surface area contributed by atoms with Gasteiger partial charge in [-0.3, -0.25) is 16.0 Å². The molecule has 1 aromatic rings. The number of nitrogens with one attached hydrogen (secondary N) is 1. The molecule has 19 heavy (non-hydrogen) atoms. The highest BCUT2D eigenvalue weighted by atomic mass is 15.3. The summed E-state index contributed by atoms with van der Waals surface area (Å²) in [6.07, 6.45) is 9.32. The number of nitrogens with zero attached hydrogens (tertiary/aromatic N) is 3. The van der Waals surface area contributed by atoms with E-state index in [2.05, 4.69) is 41.4 Å². The largest absolute Gasteiger partial charge is 0.309 e. The second-order valence-corrected chi connectivity index (χ2v) is 5.89. The molecule has 0 saturated heterocycles. The Balaban J connectivity index is 1.86. The standard InChI is InChI=1S/C14H27N5/c1-18(2)9-7-12(16-15)11-13-8-10-19(17-13)14-5-3-4-6-14/h8,10,12,14,16H,3-7,9,11,15H2,1-2H3. The van der Waals surface area contributed by atoms with Crippen molar-refractivity contribution in [2.24, 2.45) is 5.84 Å². The molecule has 3 N–H and O–H groups in total. The van der Waals surface area contributed by atoms with Crippen molar-refractivity contribution >= 4 is 0 Å². The van der Waals surface area contributed by atoms with E-state index in [4.69, 9.17) is 10.9 Å². The molecule has 1 aliphatic carbocycles. The highest BCUT2D eigenvalue weighted by Crippen LogP contribution is 2.28. The second-order valence-electron chi connectivity index (χ2n) is 5.89. The minimum atomic E-state index is 0.300. The van der Waals surface area contributed by atoms with E-state index >= 15 is 0 Å². The summed E-state index contributed by atoms with van der Waals surface area (Å²) in [5.74, 6) is 5.63. The molecule has 1 aliphatic rings. The Kier molecular flexibility index (Phi) is 5.36. The summed E-state index contributed by atoms with van der Waals surface area (Å²) in [4.78, 5) is 2.18. The van der Waals surface area contributed by atoms with Gasteiger partial charge >= 0.3 is 0 Å². The maximum atomic E-state index is 5.63. The van der Waals surface area contributed by atoms with E-state index < -0.39 is 0 Å². The van der Waals surface area contributed by atoms with Crippen molar-refractivity contribution in [2.45, 2.75) is 50.6 Å². The molecule has 0 bridgehead atoms. The van der Waals surface area contributed by atoms with Crippen molar-refractivity contribution in [2.75, 3.05) is 20.6 Å². The first-order valence-electron chi connectivity index (χ1n) is 7.34. The Labute approximate surface area is 116 Å². The lowest BCUT2D eigenvalue weighted by Gasteiger charge is -2.17.